The van der Waals surface area contributed by atoms with E-state index in [1.807, 2.05) is 0 Å². The van der Waals surface area contributed by atoms with Gasteiger partial charge in [-0.05, 0) is 42.7 Å². The number of allylic oxidation sites excluding steroid dienone is 3. The maximum atomic E-state index is 10.2. The van der Waals surface area contributed by atoms with Crippen LogP contribution in [-0.2, 0) is 9.53 Å². The van der Waals surface area contributed by atoms with Crippen molar-refractivity contribution in [1.29, 1.82) is 0 Å². The molecule has 0 amide bonds. The molecule has 0 aliphatic heterocycles. The van der Waals surface area contributed by atoms with E-state index in [9.17, 15) is 4.79 Å². The Labute approximate surface area is 84.6 Å². The maximum absolute atomic E-state index is 10.2. The minimum atomic E-state index is 0.380. The Morgan fingerprint density at radius 1 is 1.71 bits per heavy atom. The maximum Gasteiger partial charge on any atom is 0.119 e. The van der Waals surface area contributed by atoms with Crippen LogP contribution in [0.5, 0.6) is 0 Å². The Hall–Kier alpha value is -1.05. The Morgan fingerprint density at radius 3 is 3.21 bits per heavy atom. The summed E-state index contributed by atoms with van der Waals surface area (Å²) in [7, 11) is 1.71. The molecular weight excluding hydrogens is 176 g/mol. The average Bonchev–Trinajstić information content (AvgIpc) is 2.91. The molecule has 2 heteroatoms. The van der Waals surface area contributed by atoms with Crippen LogP contribution in [0.4, 0.5) is 0 Å². The molecule has 0 bridgehead atoms. The van der Waals surface area contributed by atoms with Gasteiger partial charge in [0, 0.05) is 6.42 Å². The lowest BCUT2D eigenvalue weighted by Crippen LogP contribution is -2.04. The molecular formula is C12H16O2. The van der Waals surface area contributed by atoms with Gasteiger partial charge in [-0.3, -0.25) is 0 Å². The second-order valence-electron chi connectivity index (χ2n) is 4.21. The summed E-state index contributed by atoms with van der Waals surface area (Å²) >= 11 is 0. The monoisotopic (exact) mass is 192 g/mol. The van der Waals surface area contributed by atoms with Gasteiger partial charge in [-0.15, -0.1) is 0 Å². The molecule has 2 rings (SSSR count). The Balaban J connectivity index is 1.89. The molecule has 0 aromatic heterocycles. The Bertz CT molecular complexity index is 291. The van der Waals surface area contributed by atoms with Crippen molar-refractivity contribution in [3.05, 3.63) is 24.0 Å². The highest BCUT2D eigenvalue weighted by molar-refractivity contribution is 5.49. The second-order valence-corrected chi connectivity index (χ2v) is 4.21. The first-order valence-electron chi connectivity index (χ1n) is 5.19. The number of unbranched alkanes of at least 4 members (excludes halogenated alkanes) is 1. The van der Waals surface area contributed by atoms with Crippen LogP contribution in [-0.4, -0.2) is 13.4 Å². The summed E-state index contributed by atoms with van der Waals surface area (Å²) in [5.74, 6) is 1.65. The predicted octanol–water partition coefficient (Wildman–Crippen LogP) is 2.46. The molecule has 2 atom stereocenters. The third-order valence-electron chi connectivity index (χ3n) is 3.32. The molecule has 0 radical (unpaired) electrons. The SMILES string of the molecule is COC1=CC2CC2(CCCC=O)C=C1. The van der Waals surface area contributed by atoms with Gasteiger partial charge in [0.2, 0.25) is 0 Å². The zero-order chi connectivity index (χ0) is 10.0. The zero-order valence-electron chi connectivity index (χ0n) is 8.53. The van der Waals surface area contributed by atoms with Crippen LogP contribution in [0.3, 0.4) is 0 Å². The minimum absolute atomic E-state index is 0.380. The second kappa shape index (κ2) is 3.60. The van der Waals surface area contributed by atoms with Crippen LogP contribution in [0, 0.1) is 11.3 Å². The smallest absolute Gasteiger partial charge is 0.119 e. The van der Waals surface area contributed by atoms with Crippen molar-refractivity contribution in [3.8, 4) is 0 Å². The topological polar surface area (TPSA) is 26.3 Å². The number of methoxy groups -OCH3 is 1. The number of fused-ring (bicyclic) bond motifs is 1. The normalized spacial score (nSPS) is 33.2. The van der Waals surface area contributed by atoms with Gasteiger partial charge in [-0.2, -0.15) is 0 Å². The van der Waals surface area contributed by atoms with Crippen LogP contribution in [0.25, 0.3) is 0 Å². The van der Waals surface area contributed by atoms with E-state index in [1.54, 1.807) is 7.11 Å². The third kappa shape index (κ3) is 1.61. The Kier molecular flexibility index (Phi) is 2.44. The van der Waals surface area contributed by atoms with Gasteiger partial charge in [-0.1, -0.05) is 6.08 Å². The molecule has 14 heavy (non-hydrogen) atoms. The van der Waals surface area contributed by atoms with Gasteiger partial charge in [0.05, 0.1) is 7.11 Å². The van der Waals surface area contributed by atoms with Gasteiger partial charge in [0.1, 0.15) is 12.0 Å². The fourth-order valence-corrected chi connectivity index (χ4v) is 2.29. The molecule has 2 aliphatic carbocycles. The summed E-state index contributed by atoms with van der Waals surface area (Å²) in [6.07, 6.45) is 11.6. The van der Waals surface area contributed by atoms with Gasteiger partial charge < -0.3 is 9.53 Å². The van der Waals surface area contributed by atoms with Crippen molar-refractivity contribution in [1.82, 2.24) is 0 Å². The van der Waals surface area contributed by atoms with Gasteiger partial charge in [0.15, 0.2) is 0 Å². The molecule has 0 N–H and O–H groups in total. The first-order chi connectivity index (χ1) is 6.80. The lowest BCUT2D eigenvalue weighted by atomic mass is 9.93. The number of aldehydes is 1. The first-order valence-corrected chi connectivity index (χ1v) is 5.19. The predicted molar refractivity (Wildman–Crippen MR) is 54.7 cm³/mol. The summed E-state index contributed by atoms with van der Waals surface area (Å²) in [5.41, 5.74) is 0.380. The number of rotatable bonds is 5. The van der Waals surface area contributed by atoms with Crippen molar-refractivity contribution in [2.24, 2.45) is 11.3 Å². The molecule has 0 saturated heterocycles. The van der Waals surface area contributed by atoms with Crippen LogP contribution in [0.1, 0.15) is 25.7 Å². The van der Waals surface area contributed by atoms with Gasteiger partial charge >= 0.3 is 0 Å². The third-order valence-corrected chi connectivity index (χ3v) is 3.32. The molecule has 0 spiro atoms. The van der Waals surface area contributed by atoms with E-state index in [2.05, 4.69) is 18.2 Å². The van der Waals surface area contributed by atoms with Crippen LogP contribution < -0.4 is 0 Å². The lowest BCUT2D eigenvalue weighted by Gasteiger charge is -2.15. The molecule has 1 saturated carbocycles. The van der Waals surface area contributed by atoms with Gasteiger partial charge in [0.25, 0.3) is 0 Å². The number of ether oxygens (including phenoxy) is 1. The summed E-state index contributed by atoms with van der Waals surface area (Å²) in [5, 5.41) is 0. The van der Waals surface area contributed by atoms with Crippen molar-refractivity contribution in [2.75, 3.05) is 7.11 Å². The van der Waals surface area contributed by atoms with Crippen molar-refractivity contribution >= 4 is 6.29 Å². The number of hydrogen-bond donors (Lipinski definition) is 0. The molecule has 0 aromatic carbocycles. The van der Waals surface area contributed by atoms with E-state index in [1.165, 1.54) is 6.42 Å². The van der Waals surface area contributed by atoms with Crippen LogP contribution in [0.2, 0.25) is 0 Å². The molecule has 2 aliphatic rings. The highest BCUT2D eigenvalue weighted by atomic mass is 16.5. The quantitative estimate of drug-likeness (QED) is 0.494. The Morgan fingerprint density at radius 2 is 2.57 bits per heavy atom. The molecule has 0 aromatic rings. The van der Waals surface area contributed by atoms with Crippen LogP contribution in [0.15, 0.2) is 24.0 Å². The molecule has 2 unspecified atom stereocenters. The highest BCUT2D eigenvalue weighted by Crippen LogP contribution is 2.60. The molecule has 1 fully saturated rings. The molecule has 2 nitrogen and oxygen atoms in total. The van der Waals surface area contributed by atoms with Crippen molar-refractivity contribution < 1.29 is 9.53 Å². The fourth-order valence-electron chi connectivity index (χ4n) is 2.29. The van der Waals surface area contributed by atoms with E-state index < -0.39 is 0 Å². The molecule has 76 valence electrons. The first kappa shape index (κ1) is 9.50. The largest absolute Gasteiger partial charge is 0.497 e. The lowest BCUT2D eigenvalue weighted by molar-refractivity contribution is -0.107. The van der Waals surface area contributed by atoms with E-state index in [-0.39, 0.29) is 0 Å². The fraction of sp³-hybridized carbons (Fsp3) is 0.583. The van der Waals surface area contributed by atoms with Crippen LogP contribution >= 0.6 is 0 Å². The number of carbonyl (C=O) groups excluding carboxylic acids is 1. The van der Waals surface area contributed by atoms with Gasteiger partial charge in [-0.25, -0.2) is 0 Å². The van der Waals surface area contributed by atoms with E-state index in [4.69, 9.17) is 4.74 Å². The number of carbonyl (C=O) groups is 1. The average molecular weight is 192 g/mol. The number of hydrogen-bond acceptors (Lipinski definition) is 2. The summed E-state index contributed by atoms with van der Waals surface area (Å²) in [6, 6.07) is 0. The highest BCUT2D eigenvalue weighted by Gasteiger charge is 2.51. The van der Waals surface area contributed by atoms with E-state index in [0.717, 1.165) is 24.9 Å². The van der Waals surface area contributed by atoms with E-state index >= 15 is 0 Å². The zero-order valence-corrected chi connectivity index (χ0v) is 8.53. The van der Waals surface area contributed by atoms with Crippen molar-refractivity contribution in [3.63, 3.8) is 0 Å². The van der Waals surface area contributed by atoms with Crippen molar-refractivity contribution in [2.45, 2.75) is 25.7 Å². The summed E-state index contributed by atoms with van der Waals surface area (Å²) in [4.78, 5) is 10.2. The molecule has 0 heterocycles. The minimum Gasteiger partial charge on any atom is -0.497 e. The van der Waals surface area contributed by atoms with E-state index in [0.29, 0.717) is 17.8 Å². The summed E-state index contributed by atoms with van der Waals surface area (Å²) in [6.45, 7) is 0. The standard InChI is InChI=1S/C12H16O2/c1-14-11-4-6-12(5-2-3-7-13)9-10(12)8-11/h4,6-8,10H,2-3,5,9H2,1H3. The summed E-state index contributed by atoms with van der Waals surface area (Å²) < 4.78 is 5.18.